The van der Waals surface area contributed by atoms with Crippen molar-refractivity contribution in [3.05, 3.63) is 200 Å². The number of hydrogen-bond acceptors (Lipinski definition) is 2. The van der Waals surface area contributed by atoms with E-state index in [1.807, 2.05) is 0 Å². The van der Waals surface area contributed by atoms with Crippen molar-refractivity contribution in [2.24, 2.45) is 0 Å². The van der Waals surface area contributed by atoms with Crippen LogP contribution in [0.1, 0.15) is 0 Å². The third kappa shape index (κ3) is 6.92. The van der Waals surface area contributed by atoms with Crippen LogP contribution in [0, 0.1) is 0 Å². The fourth-order valence-corrected chi connectivity index (χ4v) is 8.10. The predicted octanol–water partition coefficient (Wildman–Crippen LogP) is 13.7. The average Bonchev–Trinajstić information content (AvgIpc) is 3.19. The third-order valence-electron chi connectivity index (χ3n) is 9.81. The summed E-state index contributed by atoms with van der Waals surface area (Å²) in [4.78, 5) is 4.66. The number of fused-ring (bicyclic) bond motifs is 1. The van der Waals surface area contributed by atoms with Gasteiger partial charge < -0.3 is 9.80 Å². The second kappa shape index (κ2) is 14.2. The fraction of sp³-hybridized carbons (Fsp3) is 0.0612. The molecule has 8 aromatic rings. The van der Waals surface area contributed by atoms with Crippen molar-refractivity contribution in [3.63, 3.8) is 0 Å². The summed E-state index contributed by atoms with van der Waals surface area (Å²) in [7, 11) is -1.38. The molecular formula is C49H42N2Si. The Bertz CT molecular complexity index is 2400. The third-order valence-corrected chi connectivity index (χ3v) is 11.9. The van der Waals surface area contributed by atoms with E-state index < -0.39 is 8.07 Å². The summed E-state index contributed by atoms with van der Waals surface area (Å²) < 4.78 is 0. The maximum absolute atomic E-state index is 2.39. The quantitative estimate of drug-likeness (QED) is 0.139. The van der Waals surface area contributed by atoms with Crippen molar-refractivity contribution >= 4 is 58.2 Å². The van der Waals surface area contributed by atoms with Crippen LogP contribution in [0.4, 0.5) is 34.1 Å². The smallest absolute Gasteiger partial charge is 0.0775 e. The first-order valence-electron chi connectivity index (χ1n) is 18.0. The number of anilines is 6. The van der Waals surface area contributed by atoms with E-state index in [0.717, 1.165) is 28.4 Å². The summed E-state index contributed by atoms with van der Waals surface area (Å²) in [5.41, 5.74) is 11.6. The van der Waals surface area contributed by atoms with Gasteiger partial charge in [-0.05, 0) is 106 Å². The molecule has 0 aliphatic heterocycles. The van der Waals surface area contributed by atoms with Crippen molar-refractivity contribution in [3.8, 4) is 22.3 Å². The molecule has 0 fully saturated rings. The highest BCUT2D eigenvalue weighted by atomic mass is 28.3. The highest BCUT2D eigenvalue weighted by Gasteiger charge is 2.18. The number of rotatable bonds is 9. The van der Waals surface area contributed by atoms with Gasteiger partial charge in [-0.15, -0.1) is 0 Å². The minimum atomic E-state index is -1.38. The van der Waals surface area contributed by atoms with Gasteiger partial charge in [0.2, 0.25) is 0 Å². The van der Waals surface area contributed by atoms with Gasteiger partial charge in [0.15, 0.2) is 0 Å². The van der Waals surface area contributed by atoms with Crippen molar-refractivity contribution in [1.29, 1.82) is 0 Å². The lowest BCUT2D eigenvalue weighted by molar-refractivity contribution is 1.28. The first kappa shape index (κ1) is 33.0. The largest absolute Gasteiger partial charge is 0.311 e. The van der Waals surface area contributed by atoms with Gasteiger partial charge in [0.1, 0.15) is 0 Å². The molecule has 8 aromatic carbocycles. The Morgan fingerprint density at radius 1 is 0.288 bits per heavy atom. The molecule has 0 saturated carbocycles. The first-order valence-corrected chi connectivity index (χ1v) is 21.5. The summed E-state index contributed by atoms with van der Waals surface area (Å²) in [5, 5.41) is 3.94. The summed E-state index contributed by atoms with van der Waals surface area (Å²) in [5.74, 6) is 0. The normalized spacial score (nSPS) is 11.4. The Morgan fingerprint density at radius 3 is 1.06 bits per heavy atom. The van der Waals surface area contributed by atoms with Gasteiger partial charge in [-0.1, -0.05) is 152 Å². The maximum atomic E-state index is 2.39. The molecule has 0 bridgehead atoms. The summed E-state index contributed by atoms with van der Waals surface area (Å²) >= 11 is 0. The molecule has 0 heterocycles. The van der Waals surface area contributed by atoms with Gasteiger partial charge in [0.25, 0.3) is 0 Å². The van der Waals surface area contributed by atoms with Gasteiger partial charge in [-0.2, -0.15) is 0 Å². The van der Waals surface area contributed by atoms with Crippen molar-refractivity contribution in [1.82, 2.24) is 0 Å². The standard InChI is InChI=1S/C49H42N2Si/c1-52(2,3)49-34-32-47(33-35-49)50(43-14-6-4-7-15-43)45-27-22-40(23-28-45)38-18-20-39(21-19-38)41-24-29-46(30-25-41)51(44-16-8-5-9-17-44)48-31-26-37-12-10-11-13-42(37)36-48/h4-36H,1-3H3. The molecule has 0 atom stereocenters. The van der Waals surface area contributed by atoms with Crippen LogP contribution in [-0.2, 0) is 0 Å². The van der Waals surface area contributed by atoms with E-state index in [1.165, 1.54) is 43.9 Å². The zero-order valence-electron chi connectivity index (χ0n) is 29.9. The van der Waals surface area contributed by atoms with Gasteiger partial charge in [0, 0.05) is 34.1 Å². The van der Waals surface area contributed by atoms with Gasteiger partial charge in [0.05, 0.1) is 8.07 Å². The molecule has 252 valence electrons. The minimum Gasteiger partial charge on any atom is -0.311 e. The molecule has 0 saturated heterocycles. The number of nitrogens with zero attached hydrogens (tertiary/aromatic N) is 2. The van der Waals surface area contributed by atoms with Crippen LogP contribution in [0.15, 0.2) is 200 Å². The lowest BCUT2D eigenvalue weighted by Gasteiger charge is -2.26. The SMILES string of the molecule is C[Si](C)(C)c1ccc(N(c2ccccc2)c2ccc(-c3ccc(-c4ccc(N(c5ccccc5)c5ccc6ccccc6c5)cc4)cc3)cc2)cc1. The zero-order chi connectivity index (χ0) is 35.5. The lowest BCUT2D eigenvalue weighted by atomic mass is 9.99. The molecule has 0 N–H and O–H groups in total. The van der Waals surface area contributed by atoms with Crippen LogP contribution in [0.3, 0.4) is 0 Å². The number of benzene rings is 8. The number of para-hydroxylation sites is 2. The molecular weight excluding hydrogens is 645 g/mol. The molecule has 0 amide bonds. The average molecular weight is 687 g/mol. The zero-order valence-corrected chi connectivity index (χ0v) is 30.9. The van der Waals surface area contributed by atoms with E-state index in [2.05, 4.69) is 230 Å². The Morgan fingerprint density at radius 2 is 0.615 bits per heavy atom. The fourth-order valence-electron chi connectivity index (χ4n) is 6.94. The van der Waals surface area contributed by atoms with E-state index in [-0.39, 0.29) is 0 Å². The molecule has 0 spiro atoms. The van der Waals surface area contributed by atoms with E-state index in [4.69, 9.17) is 0 Å². The molecule has 0 aliphatic carbocycles. The van der Waals surface area contributed by atoms with Gasteiger partial charge in [-0.25, -0.2) is 0 Å². The van der Waals surface area contributed by atoms with Crippen LogP contribution in [0.5, 0.6) is 0 Å². The molecule has 52 heavy (non-hydrogen) atoms. The molecule has 0 aliphatic rings. The monoisotopic (exact) mass is 686 g/mol. The molecule has 8 rings (SSSR count). The van der Waals surface area contributed by atoms with Crippen LogP contribution >= 0.6 is 0 Å². The Hall–Kier alpha value is -6.16. The summed E-state index contributed by atoms with van der Waals surface area (Å²) in [6, 6.07) is 72.3. The second-order valence-corrected chi connectivity index (χ2v) is 19.4. The summed E-state index contributed by atoms with van der Waals surface area (Å²) in [6.07, 6.45) is 0. The van der Waals surface area contributed by atoms with Crippen molar-refractivity contribution in [2.45, 2.75) is 19.6 Å². The van der Waals surface area contributed by atoms with E-state index in [1.54, 1.807) is 0 Å². The Kier molecular flexibility index (Phi) is 9.03. The molecule has 3 heteroatoms. The first-order chi connectivity index (χ1) is 25.4. The molecule has 2 nitrogen and oxygen atoms in total. The minimum absolute atomic E-state index is 1.12. The van der Waals surface area contributed by atoms with Crippen molar-refractivity contribution < 1.29 is 0 Å². The topological polar surface area (TPSA) is 6.48 Å². The summed E-state index contributed by atoms with van der Waals surface area (Å²) in [6.45, 7) is 7.18. The van der Waals surface area contributed by atoms with Gasteiger partial charge >= 0.3 is 0 Å². The van der Waals surface area contributed by atoms with Crippen LogP contribution in [0.25, 0.3) is 33.0 Å². The second-order valence-electron chi connectivity index (χ2n) is 14.3. The van der Waals surface area contributed by atoms with Crippen LogP contribution < -0.4 is 15.0 Å². The predicted molar refractivity (Wildman–Crippen MR) is 227 cm³/mol. The highest BCUT2D eigenvalue weighted by molar-refractivity contribution is 6.88. The van der Waals surface area contributed by atoms with E-state index >= 15 is 0 Å². The number of hydrogen-bond donors (Lipinski definition) is 0. The molecule has 0 aromatic heterocycles. The Labute approximate surface area is 308 Å². The molecule has 0 unspecified atom stereocenters. The van der Waals surface area contributed by atoms with Crippen molar-refractivity contribution in [2.75, 3.05) is 9.80 Å². The van der Waals surface area contributed by atoms with Gasteiger partial charge in [-0.3, -0.25) is 0 Å². The lowest BCUT2D eigenvalue weighted by Crippen LogP contribution is -2.37. The van der Waals surface area contributed by atoms with Crippen LogP contribution in [-0.4, -0.2) is 8.07 Å². The Balaban J connectivity index is 1.04. The maximum Gasteiger partial charge on any atom is 0.0775 e. The highest BCUT2D eigenvalue weighted by Crippen LogP contribution is 2.38. The van der Waals surface area contributed by atoms with E-state index in [0.29, 0.717) is 0 Å². The van der Waals surface area contributed by atoms with E-state index in [9.17, 15) is 0 Å². The van der Waals surface area contributed by atoms with Crippen LogP contribution in [0.2, 0.25) is 19.6 Å². The molecule has 0 radical (unpaired) electrons.